The average molecular weight is 509 g/mol. The molecule has 0 unspecified atom stereocenters. The van der Waals surface area contributed by atoms with Gasteiger partial charge in [-0.05, 0) is 57.5 Å². The van der Waals surface area contributed by atoms with Crippen LogP contribution in [0.2, 0.25) is 0 Å². The van der Waals surface area contributed by atoms with Crippen LogP contribution >= 0.6 is 0 Å². The van der Waals surface area contributed by atoms with E-state index in [-0.39, 0.29) is 12.1 Å². The van der Waals surface area contributed by atoms with Crippen molar-refractivity contribution in [2.75, 3.05) is 0 Å². The van der Waals surface area contributed by atoms with E-state index in [0.29, 0.717) is 22.6 Å². The Kier molecular flexibility index (Phi) is 6.46. The van der Waals surface area contributed by atoms with Crippen molar-refractivity contribution in [3.8, 4) is 22.6 Å². The summed E-state index contributed by atoms with van der Waals surface area (Å²) in [6.07, 6.45) is 3.43. The number of primary amides is 1. The molecule has 1 aliphatic rings. The van der Waals surface area contributed by atoms with Gasteiger partial charge in [-0.2, -0.15) is 5.10 Å². The summed E-state index contributed by atoms with van der Waals surface area (Å²) in [7, 11) is -0.533. The molecule has 0 atom stereocenters. The summed E-state index contributed by atoms with van der Waals surface area (Å²) in [6.45, 7) is 8.26. The first-order valence-electron chi connectivity index (χ1n) is 12.3. The highest BCUT2D eigenvalue weighted by Gasteiger charge is 2.51. The summed E-state index contributed by atoms with van der Waals surface area (Å²) >= 11 is 0. The molecule has 2 N–H and O–H groups in total. The smallest absolute Gasteiger partial charge is 0.399 e. The maximum atomic E-state index is 12.6. The zero-order valence-electron chi connectivity index (χ0n) is 21.7. The molecule has 2 aromatic carbocycles. The van der Waals surface area contributed by atoms with Crippen molar-refractivity contribution in [3.63, 3.8) is 0 Å². The molecule has 0 aliphatic carbocycles. The fourth-order valence-corrected chi connectivity index (χ4v) is 4.12. The zero-order valence-corrected chi connectivity index (χ0v) is 21.7. The van der Waals surface area contributed by atoms with E-state index >= 15 is 0 Å². The minimum atomic E-state index is -0.533. The van der Waals surface area contributed by atoms with Gasteiger partial charge in [0.2, 0.25) is 5.91 Å². The molecule has 1 fully saturated rings. The molecule has 5 rings (SSSR count). The van der Waals surface area contributed by atoms with E-state index in [9.17, 15) is 9.59 Å². The number of hydrogen-bond acceptors (Lipinski definition) is 7. The first kappa shape index (κ1) is 25.5. The minimum absolute atomic E-state index is 0.242. The molecule has 0 bridgehead atoms. The number of carbonyl (C=O) groups excluding carboxylic acids is 1. The summed E-state index contributed by atoms with van der Waals surface area (Å²) in [5.74, 6) is 0.0210. The Bertz CT molecular complexity index is 1550. The van der Waals surface area contributed by atoms with Crippen molar-refractivity contribution in [1.29, 1.82) is 0 Å². The molecule has 192 valence electrons. The van der Waals surface area contributed by atoms with Gasteiger partial charge in [0.25, 0.3) is 5.56 Å². The Morgan fingerprint density at radius 3 is 2.26 bits per heavy atom. The number of rotatable bonds is 6. The average Bonchev–Trinajstić information content (AvgIpc) is 3.12. The maximum Gasteiger partial charge on any atom is 0.498 e. The van der Waals surface area contributed by atoms with Gasteiger partial charge < -0.3 is 15.0 Å². The van der Waals surface area contributed by atoms with Gasteiger partial charge >= 0.3 is 7.12 Å². The van der Waals surface area contributed by atoms with Crippen molar-refractivity contribution < 1.29 is 14.1 Å². The molecule has 1 saturated heterocycles. The Morgan fingerprint density at radius 1 is 0.921 bits per heavy atom. The molecule has 0 spiro atoms. The highest BCUT2D eigenvalue weighted by atomic mass is 16.7. The number of nitrogens with zero attached hydrogens (tertiary/aromatic N) is 4. The molecule has 0 radical (unpaired) electrons. The third kappa shape index (κ3) is 5.00. The van der Waals surface area contributed by atoms with Gasteiger partial charge in [0.1, 0.15) is 0 Å². The molecular formula is C28H28BN5O4. The van der Waals surface area contributed by atoms with Crippen molar-refractivity contribution >= 4 is 18.5 Å². The van der Waals surface area contributed by atoms with Gasteiger partial charge in [-0.25, -0.2) is 14.6 Å². The number of carbonyl (C=O) groups is 1. The van der Waals surface area contributed by atoms with E-state index in [0.717, 1.165) is 16.6 Å². The Morgan fingerprint density at radius 2 is 1.58 bits per heavy atom. The van der Waals surface area contributed by atoms with Crippen LogP contribution in [0.25, 0.3) is 22.6 Å². The topological polar surface area (TPSA) is 122 Å². The van der Waals surface area contributed by atoms with E-state index in [2.05, 4.69) is 15.1 Å². The first-order valence-corrected chi connectivity index (χ1v) is 12.3. The van der Waals surface area contributed by atoms with E-state index in [4.69, 9.17) is 15.0 Å². The second-order valence-corrected chi connectivity index (χ2v) is 10.3. The first-order chi connectivity index (χ1) is 18.0. The van der Waals surface area contributed by atoms with Crippen LogP contribution in [-0.4, -0.2) is 44.0 Å². The van der Waals surface area contributed by atoms with Crippen LogP contribution in [0.5, 0.6) is 0 Å². The fraction of sp³-hybridized carbons (Fsp3) is 0.250. The molecule has 10 heteroatoms. The summed E-state index contributed by atoms with van der Waals surface area (Å²) < 4.78 is 13.6. The standard InChI is InChI=1S/C28H28BN5O4/c1-27(2)28(3,4)38-29(37-27)22-15-31-26(32-16-22)21-10-5-7-18(13-21)17-34-24(35)12-11-23(33-34)19-8-6-9-20(14-19)25(30)36/h5-16H,17H2,1-4H3,(H2,30,36). The molecule has 4 aromatic rings. The van der Waals surface area contributed by atoms with Gasteiger partial charge in [0.05, 0.1) is 23.4 Å². The van der Waals surface area contributed by atoms with Crippen LogP contribution < -0.4 is 16.8 Å². The monoisotopic (exact) mass is 509 g/mol. The Balaban J connectivity index is 1.37. The van der Waals surface area contributed by atoms with Gasteiger partial charge in [-0.1, -0.05) is 30.3 Å². The number of nitrogens with two attached hydrogens (primary N) is 1. The normalized spacial score (nSPS) is 15.9. The quantitative estimate of drug-likeness (QED) is 0.397. The van der Waals surface area contributed by atoms with E-state index < -0.39 is 24.2 Å². The van der Waals surface area contributed by atoms with Crippen LogP contribution in [0.3, 0.4) is 0 Å². The molecule has 0 saturated carbocycles. The van der Waals surface area contributed by atoms with Gasteiger partial charge in [-0.3, -0.25) is 9.59 Å². The maximum absolute atomic E-state index is 12.6. The van der Waals surface area contributed by atoms with Crippen LogP contribution in [0, 0.1) is 0 Å². The van der Waals surface area contributed by atoms with E-state index in [1.165, 1.54) is 10.7 Å². The summed E-state index contributed by atoms with van der Waals surface area (Å²) in [4.78, 5) is 33.2. The molecular weight excluding hydrogens is 481 g/mol. The van der Waals surface area contributed by atoms with Crippen LogP contribution in [-0.2, 0) is 15.9 Å². The van der Waals surface area contributed by atoms with Gasteiger partial charge in [-0.15, -0.1) is 0 Å². The van der Waals surface area contributed by atoms with Gasteiger partial charge in [0, 0.05) is 40.6 Å². The summed E-state index contributed by atoms with van der Waals surface area (Å²) in [5.41, 5.74) is 8.31. The second-order valence-electron chi connectivity index (χ2n) is 10.3. The molecule has 1 amide bonds. The molecule has 3 heterocycles. The summed E-state index contributed by atoms with van der Waals surface area (Å²) in [5, 5.41) is 4.51. The number of aromatic nitrogens is 4. The number of benzene rings is 2. The number of hydrogen-bond donors (Lipinski definition) is 1. The second kappa shape index (κ2) is 9.62. The Hall–Kier alpha value is -4.15. The lowest BCUT2D eigenvalue weighted by Crippen LogP contribution is -2.41. The lowest BCUT2D eigenvalue weighted by molar-refractivity contribution is 0.00578. The lowest BCUT2D eigenvalue weighted by Gasteiger charge is -2.32. The minimum Gasteiger partial charge on any atom is -0.399 e. The highest BCUT2D eigenvalue weighted by Crippen LogP contribution is 2.36. The summed E-state index contributed by atoms with van der Waals surface area (Å²) in [6, 6.07) is 17.6. The fourth-order valence-electron chi connectivity index (χ4n) is 4.12. The number of amides is 1. The SMILES string of the molecule is CC1(C)OB(c2cnc(-c3cccc(Cn4nc(-c5cccc(C(N)=O)c5)ccc4=O)c3)nc2)OC1(C)C. The third-order valence-corrected chi connectivity index (χ3v) is 7.02. The largest absolute Gasteiger partial charge is 0.498 e. The third-order valence-electron chi connectivity index (χ3n) is 7.02. The van der Waals surface area contributed by atoms with Crippen LogP contribution in [0.4, 0.5) is 0 Å². The van der Waals surface area contributed by atoms with Crippen molar-refractivity contribution in [2.45, 2.75) is 45.4 Å². The van der Waals surface area contributed by atoms with E-state index in [1.807, 2.05) is 58.0 Å². The molecule has 38 heavy (non-hydrogen) atoms. The van der Waals surface area contributed by atoms with Crippen LogP contribution in [0.1, 0.15) is 43.6 Å². The van der Waals surface area contributed by atoms with Gasteiger partial charge in [0.15, 0.2) is 5.82 Å². The van der Waals surface area contributed by atoms with Crippen molar-refractivity contribution in [1.82, 2.24) is 19.7 Å². The molecule has 1 aliphatic heterocycles. The van der Waals surface area contributed by atoms with Crippen molar-refractivity contribution in [3.05, 3.63) is 94.5 Å². The zero-order chi connectivity index (χ0) is 27.1. The lowest BCUT2D eigenvalue weighted by atomic mass is 9.81. The van der Waals surface area contributed by atoms with Crippen molar-refractivity contribution in [2.24, 2.45) is 5.73 Å². The van der Waals surface area contributed by atoms with Crippen LogP contribution in [0.15, 0.2) is 77.9 Å². The molecule has 9 nitrogen and oxygen atoms in total. The highest BCUT2D eigenvalue weighted by molar-refractivity contribution is 6.61. The predicted molar refractivity (Wildman–Crippen MR) is 145 cm³/mol. The molecule has 2 aromatic heterocycles. The Labute approximate surface area is 220 Å². The predicted octanol–water partition coefficient (Wildman–Crippen LogP) is 2.81. The van der Waals surface area contributed by atoms with E-state index in [1.54, 1.807) is 36.7 Å².